The largest absolute Gasteiger partial charge is 0.496 e. The number of ether oxygens (including phenoxy) is 1. The van der Waals surface area contributed by atoms with E-state index in [1.165, 1.54) is 18.0 Å². The first-order valence-corrected chi connectivity index (χ1v) is 5.81. The Morgan fingerprint density at radius 2 is 2.05 bits per heavy atom. The molecule has 2 rings (SSSR count). The van der Waals surface area contributed by atoms with Crippen LogP contribution in [0.5, 0.6) is 5.75 Å². The van der Waals surface area contributed by atoms with Crippen LogP contribution in [0, 0.1) is 0 Å². The SMILES string of the molecule is COc1ccc(CO)cc1Cn1ccc(C(F)(F)F)n1. The molecule has 4 nitrogen and oxygen atoms in total. The number of aliphatic hydroxyl groups is 1. The maximum Gasteiger partial charge on any atom is 0.435 e. The van der Waals surface area contributed by atoms with E-state index in [0.29, 0.717) is 16.9 Å². The van der Waals surface area contributed by atoms with Crippen LogP contribution in [-0.4, -0.2) is 22.0 Å². The van der Waals surface area contributed by atoms with Crippen LogP contribution < -0.4 is 4.74 Å². The minimum Gasteiger partial charge on any atom is -0.496 e. The summed E-state index contributed by atoms with van der Waals surface area (Å²) < 4.78 is 43.7. The quantitative estimate of drug-likeness (QED) is 0.939. The van der Waals surface area contributed by atoms with Crippen LogP contribution >= 0.6 is 0 Å². The van der Waals surface area contributed by atoms with E-state index >= 15 is 0 Å². The van der Waals surface area contributed by atoms with Crippen LogP contribution in [0.3, 0.4) is 0 Å². The lowest BCUT2D eigenvalue weighted by Crippen LogP contribution is -2.09. The molecule has 1 N–H and O–H groups in total. The van der Waals surface area contributed by atoms with Crippen LogP contribution in [0.15, 0.2) is 30.5 Å². The van der Waals surface area contributed by atoms with Gasteiger partial charge in [0.15, 0.2) is 5.69 Å². The maximum atomic E-state index is 12.5. The zero-order valence-electron chi connectivity index (χ0n) is 10.7. The average molecular weight is 286 g/mol. The number of hydrogen-bond donors (Lipinski definition) is 1. The summed E-state index contributed by atoms with van der Waals surface area (Å²) in [7, 11) is 1.47. The van der Waals surface area contributed by atoms with Gasteiger partial charge in [-0.25, -0.2) is 0 Å². The fraction of sp³-hybridized carbons (Fsp3) is 0.308. The van der Waals surface area contributed by atoms with Crippen molar-refractivity contribution in [3.8, 4) is 5.75 Å². The Morgan fingerprint density at radius 1 is 1.30 bits per heavy atom. The Kier molecular flexibility index (Phi) is 3.99. The van der Waals surface area contributed by atoms with Crippen LogP contribution in [-0.2, 0) is 19.3 Å². The van der Waals surface area contributed by atoms with Gasteiger partial charge in [0.1, 0.15) is 5.75 Å². The van der Waals surface area contributed by atoms with E-state index in [2.05, 4.69) is 5.10 Å². The lowest BCUT2D eigenvalue weighted by atomic mass is 10.1. The van der Waals surface area contributed by atoms with Gasteiger partial charge in [-0.3, -0.25) is 4.68 Å². The van der Waals surface area contributed by atoms with Gasteiger partial charge in [0.25, 0.3) is 0 Å². The lowest BCUT2D eigenvalue weighted by Gasteiger charge is -2.10. The number of halogens is 3. The molecule has 1 aromatic carbocycles. The Labute approximate surface area is 113 Å². The summed E-state index contributed by atoms with van der Waals surface area (Å²) in [5.41, 5.74) is 0.370. The molecule has 0 bridgehead atoms. The van der Waals surface area contributed by atoms with E-state index in [4.69, 9.17) is 9.84 Å². The van der Waals surface area contributed by atoms with Gasteiger partial charge >= 0.3 is 6.18 Å². The average Bonchev–Trinajstić information content (AvgIpc) is 2.87. The second-order valence-electron chi connectivity index (χ2n) is 4.20. The number of aromatic nitrogens is 2. The zero-order valence-corrected chi connectivity index (χ0v) is 10.7. The molecule has 0 fully saturated rings. The molecule has 7 heteroatoms. The van der Waals surface area contributed by atoms with Gasteiger partial charge in [-0.05, 0) is 23.8 Å². The van der Waals surface area contributed by atoms with E-state index in [-0.39, 0.29) is 13.2 Å². The third kappa shape index (κ3) is 3.11. The van der Waals surface area contributed by atoms with E-state index in [0.717, 1.165) is 6.07 Å². The first-order chi connectivity index (χ1) is 9.44. The molecule has 0 aliphatic carbocycles. The molecule has 108 valence electrons. The summed E-state index contributed by atoms with van der Waals surface area (Å²) in [5.74, 6) is 0.534. The number of benzene rings is 1. The number of nitrogens with zero attached hydrogens (tertiary/aromatic N) is 2. The van der Waals surface area contributed by atoms with E-state index < -0.39 is 11.9 Å². The second kappa shape index (κ2) is 5.54. The van der Waals surface area contributed by atoms with Crippen LogP contribution in [0.25, 0.3) is 0 Å². The van der Waals surface area contributed by atoms with Crippen LogP contribution in [0.2, 0.25) is 0 Å². The molecular formula is C13H13F3N2O2. The molecule has 0 saturated heterocycles. The molecule has 0 radical (unpaired) electrons. The number of aliphatic hydroxyl groups excluding tert-OH is 1. The minimum atomic E-state index is -4.46. The van der Waals surface area contributed by atoms with E-state index in [1.54, 1.807) is 18.2 Å². The van der Waals surface area contributed by atoms with Crippen LogP contribution in [0.1, 0.15) is 16.8 Å². The van der Waals surface area contributed by atoms with Gasteiger partial charge in [-0.1, -0.05) is 6.07 Å². The van der Waals surface area contributed by atoms with Gasteiger partial charge in [0.2, 0.25) is 0 Å². The van der Waals surface area contributed by atoms with E-state index in [9.17, 15) is 13.2 Å². The highest BCUT2D eigenvalue weighted by Gasteiger charge is 2.33. The van der Waals surface area contributed by atoms with Crippen molar-refractivity contribution in [2.75, 3.05) is 7.11 Å². The monoisotopic (exact) mass is 286 g/mol. The number of methoxy groups -OCH3 is 1. The molecule has 0 atom stereocenters. The summed E-state index contributed by atoms with van der Waals surface area (Å²) in [4.78, 5) is 0. The predicted molar refractivity (Wildman–Crippen MR) is 65.2 cm³/mol. The molecule has 1 aromatic heterocycles. The number of alkyl halides is 3. The highest BCUT2D eigenvalue weighted by Crippen LogP contribution is 2.28. The number of hydrogen-bond acceptors (Lipinski definition) is 3. The van der Waals surface area contributed by atoms with Gasteiger partial charge in [0.05, 0.1) is 20.3 Å². The molecule has 1 heterocycles. The first kappa shape index (κ1) is 14.4. The fourth-order valence-corrected chi connectivity index (χ4v) is 1.83. The molecule has 0 aliphatic rings. The third-order valence-electron chi connectivity index (χ3n) is 2.79. The summed E-state index contributed by atoms with van der Waals surface area (Å²) in [6.07, 6.45) is -3.20. The van der Waals surface area contributed by atoms with Crippen molar-refractivity contribution in [2.24, 2.45) is 0 Å². The van der Waals surface area contributed by atoms with Crippen molar-refractivity contribution in [3.63, 3.8) is 0 Å². The molecule has 0 saturated carbocycles. The first-order valence-electron chi connectivity index (χ1n) is 5.81. The highest BCUT2D eigenvalue weighted by molar-refractivity contribution is 5.37. The Hall–Kier alpha value is -2.02. The normalized spacial score (nSPS) is 11.7. The Balaban J connectivity index is 2.27. The van der Waals surface area contributed by atoms with E-state index in [1.807, 2.05) is 0 Å². The molecule has 0 spiro atoms. The third-order valence-corrected chi connectivity index (χ3v) is 2.79. The highest BCUT2D eigenvalue weighted by atomic mass is 19.4. The molecule has 0 aliphatic heterocycles. The van der Waals surface area contributed by atoms with Crippen molar-refractivity contribution in [2.45, 2.75) is 19.3 Å². The number of rotatable bonds is 4. The Bertz CT molecular complexity index is 594. The molecule has 2 aromatic rings. The Morgan fingerprint density at radius 3 is 2.60 bits per heavy atom. The molecule has 0 amide bonds. The van der Waals surface area contributed by atoms with Crippen molar-refractivity contribution < 1.29 is 23.0 Å². The van der Waals surface area contributed by atoms with Crippen molar-refractivity contribution in [3.05, 3.63) is 47.3 Å². The topological polar surface area (TPSA) is 47.3 Å². The smallest absolute Gasteiger partial charge is 0.435 e. The fourth-order valence-electron chi connectivity index (χ4n) is 1.83. The standard InChI is InChI=1S/C13H13F3N2O2/c1-20-11-3-2-9(8-19)6-10(11)7-18-5-4-12(17-18)13(14,15)16/h2-6,19H,7-8H2,1H3. The van der Waals surface area contributed by atoms with Gasteiger partial charge in [-0.2, -0.15) is 18.3 Å². The zero-order chi connectivity index (χ0) is 14.8. The van der Waals surface area contributed by atoms with Crippen molar-refractivity contribution >= 4 is 0 Å². The summed E-state index contributed by atoms with van der Waals surface area (Å²) in [5, 5.41) is 12.6. The predicted octanol–water partition coefficient (Wildman–Crippen LogP) is 2.45. The van der Waals surface area contributed by atoms with Crippen molar-refractivity contribution in [1.29, 1.82) is 0 Å². The summed E-state index contributed by atoms with van der Waals surface area (Å²) in [6.45, 7) is -0.0169. The summed E-state index contributed by atoms with van der Waals surface area (Å²) >= 11 is 0. The summed E-state index contributed by atoms with van der Waals surface area (Å²) in [6, 6.07) is 5.94. The molecule has 0 unspecified atom stereocenters. The maximum absolute atomic E-state index is 12.5. The van der Waals surface area contributed by atoms with Gasteiger partial charge in [0, 0.05) is 11.8 Å². The van der Waals surface area contributed by atoms with Gasteiger partial charge in [-0.15, -0.1) is 0 Å². The van der Waals surface area contributed by atoms with Gasteiger partial charge < -0.3 is 9.84 Å². The lowest BCUT2D eigenvalue weighted by molar-refractivity contribution is -0.141. The second-order valence-corrected chi connectivity index (χ2v) is 4.20. The molecular weight excluding hydrogens is 273 g/mol. The van der Waals surface area contributed by atoms with Crippen LogP contribution in [0.4, 0.5) is 13.2 Å². The van der Waals surface area contributed by atoms with Crippen molar-refractivity contribution in [1.82, 2.24) is 9.78 Å². The molecule has 20 heavy (non-hydrogen) atoms. The minimum absolute atomic E-state index is 0.132.